The normalized spacial score (nSPS) is 16.7. The van der Waals surface area contributed by atoms with Gasteiger partial charge in [0.1, 0.15) is 11.5 Å². The van der Waals surface area contributed by atoms with Crippen molar-refractivity contribution < 1.29 is 24.2 Å². The number of amides is 2. The quantitative estimate of drug-likeness (QED) is 0.306. The number of aliphatic hydroxyl groups excluding tert-OH is 1. The lowest BCUT2D eigenvalue weighted by molar-refractivity contribution is -0.132. The second kappa shape index (κ2) is 9.95. The number of benzene rings is 3. The standard InChI is InChI=1S/C28H27N3O5/c1-17(32)29-20-6-5-7-22(16-20)31-25(18-8-12-21(13-9-18)30(2)3)24(27(34)28(31)35)26(33)19-10-14-23(36-4)15-11-19/h5-16,25,33H,1-4H3,(H,29,32)/b26-24+. The predicted octanol–water partition coefficient (Wildman–Crippen LogP) is 4.35. The van der Waals surface area contributed by atoms with E-state index in [-0.39, 0.29) is 17.2 Å². The fourth-order valence-electron chi connectivity index (χ4n) is 4.21. The summed E-state index contributed by atoms with van der Waals surface area (Å²) in [6.07, 6.45) is 0. The third kappa shape index (κ3) is 4.65. The van der Waals surface area contributed by atoms with Gasteiger partial charge in [0.2, 0.25) is 5.91 Å². The monoisotopic (exact) mass is 485 g/mol. The summed E-state index contributed by atoms with van der Waals surface area (Å²) in [6, 6.07) is 19.8. The first kappa shape index (κ1) is 24.5. The molecule has 0 spiro atoms. The summed E-state index contributed by atoms with van der Waals surface area (Å²) in [6.45, 7) is 1.39. The predicted molar refractivity (Wildman–Crippen MR) is 139 cm³/mol. The zero-order chi connectivity index (χ0) is 26.0. The number of methoxy groups -OCH3 is 1. The maximum Gasteiger partial charge on any atom is 0.300 e. The van der Waals surface area contributed by atoms with Crippen molar-refractivity contribution in [2.24, 2.45) is 0 Å². The first-order chi connectivity index (χ1) is 17.2. The molecule has 0 aromatic heterocycles. The molecule has 1 aliphatic heterocycles. The van der Waals surface area contributed by atoms with Crippen molar-refractivity contribution in [1.29, 1.82) is 0 Å². The Morgan fingerprint density at radius 1 is 1.00 bits per heavy atom. The molecule has 8 heteroatoms. The van der Waals surface area contributed by atoms with Crippen LogP contribution in [0.5, 0.6) is 5.75 Å². The van der Waals surface area contributed by atoms with Gasteiger partial charge in [0.15, 0.2) is 0 Å². The number of nitrogens with one attached hydrogen (secondary N) is 1. The molecule has 3 aromatic carbocycles. The Balaban J connectivity index is 1.89. The van der Waals surface area contributed by atoms with Gasteiger partial charge in [0, 0.05) is 43.6 Å². The van der Waals surface area contributed by atoms with Crippen LogP contribution >= 0.6 is 0 Å². The molecule has 1 atom stereocenters. The molecule has 3 aromatic rings. The first-order valence-corrected chi connectivity index (χ1v) is 11.3. The summed E-state index contributed by atoms with van der Waals surface area (Å²) in [5, 5.41) is 14.0. The topological polar surface area (TPSA) is 99.2 Å². The Labute approximate surface area is 209 Å². The highest BCUT2D eigenvalue weighted by atomic mass is 16.5. The molecule has 2 N–H and O–H groups in total. The van der Waals surface area contributed by atoms with E-state index in [0.717, 1.165) is 5.69 Å². The first-order valence-electron chi connectivity index (χ1n) is 11.3. The Hall–Kier alpha value is -4.59. The molecule has 184 valence electrons. The van der Waals surface area contributed by atoms with Crippen LogP contribution in [0.1, 0.15) is 24.1 Å². The fourth-order valence-corrected chi connectivity index (χ4v) is 4.21. The molecular formula is C28H27N3O5. The molecule has 0 bridgehead atoms. The van der Waals surface area contributed by atoms with E-state index in [9.17, 15) is 19.5 Å². The van der Waals surface area contributed by atoms with Crippen LogP contribution in [0.3, 0.4) is 0 Å². The van der Waals surface area contributed by atoms with E-state index in [2.05, 4.69) is 5.32 Å². The van der Waals surface area contributed by atoms with Gasteiger partial charge < -0.3 is 20.1 Å². The molecule has 2 amide bonds. The summed E-state index contributed by atoms with van der Waals surface area (Å²) in [4.78, 5) is 41.6. The SMILES string of the molecule is COc1ccc(/C(O)=C2\C(=O)C(=O)N(c3cccc(NC(C)=O)c3)C2c2ccc(N(C)C)cc2)cc1. The highest BCUT2D eigenvalue weighted by Crippen LogP contribution is 2.43. The number of aliphatic hydroxyl groups is 1. The highest BCUT2D eigenvalue weighted by Gasteiger charge is 2.47. The van der Waals surface area contributed by atoms with E-state index in [1.807, 2.05) is 43.3 Å². The smallest absolute Gasteiger partial charge is 0.300 e. The van der Waals surface area contributed by atoms with E-state index in [0.29, 0.717) is 28.3 Å². The third-order valence-electron chi connectivity index (χ3n) is 5.98. The highest BCUT2D eigenvalue weighted by molar-refractivity contribution is 6.51. The number of carbonyl (C=O) groups excluding carboxylic acids is 3. The Bertz CT molecular complexity index is 1340. The van der Waals surface area contributed by atoms with Crippen LogP contribution in [-0.4, -0.2) is 43.9 Å². The van der Waals surface area contributed by atoms with Crippen molar-refractivity contribution >= 4 is 40.4 Å². The number of hydrogen-bond acceptors (Lipinski definition) is 6. The van der Waals surface area contributed by atoms with Crippen LogP contribution < -0.4 is 19.9 Å². The molecule has 8 nitrogen and oxygen atoms in total. The number of anilines is 3. The van der Waals surface area contributed by atoms with E-state index >= 15 is 0 Å². The molecule has 36 heavy (non-hydrogen) atoms. The van der Waals surface area contributed by atoms with Gasteiger partial charge in [-0.3, -0.25) is 19.3 Å². The third-order valence-corrected chi connectivity index (χ3v) is 5.98. The Kier molecular flexibility index (Phi) is 6.78. The van der Waals surface area contributed by atoms with Crippen LogP contribution in [0.25, 0.3) is 5.76 Å². The van der Waals surface area contributed by atoms with Gasteiger partial charge >= 0.3 is 0 Å². The molecular weight excluding hydrogens is 458 g/mol. The van der Waals surface area contributed by atoms with Gasteiger partial charge in [0.25, 0.3) is 11.7 Å². The van der Waals surface area contributed by atoms with Gasteiger partial charge in [-0.05, 0) is 60.2 Å². The second-order valence-electron chi connectivity index (χ2n) is 8.62. The van der Waals surface area contributed by atoms with Crippen LogP contribution in [-0.2, 0) is 14.4 Å². The Morgan fingerprint density at radius 3 is 2.25 bits per heavy atom. The number of nitrogens with zero attached hydrogens (tertiary/aromatic N) is 2. The lowest BCUT2D eigenvalue weighted by atomic mass is 9.95. The minimum Gasteiger partial charge on any atom is -0.507 e. The number of hydrogen-bond donors (Lipinski definition) is 2. The van der Waals surface area contributed by atoms with Gasteiger partial charge in [-0.15, -0.1) is 0 Å². The second-order valence-corrected chi connectivity index (χ2v) is 8.62. The van der Waals surface area contributed by atoms with E-state index in [1.165, 1.54) is 18.9 Å². The maximum absolute atomic E-state index is 13.4. The number of ketones is 1. The molecule has 1 aliphatic rings. The van der Waals surface area contributed by atoms with Crippen molar-refractivity contribution in [2.45, 2.75) is 13.0 Å². The molecule has 0 radical (unpaired) electrons. The molecule has 1 saturated heterocycles. The number of Topliss-reactive ketones (excluding diaryl/α,β-unsaturated/α-hetero) is 1. The minimum absolute atomic E-state index is 0.0206. The van der Waals surface area contributed by atoms with Crippen molar-refractivity contribution in [3.8, 4) is 5.75 Å². The van der Waals surface area contributed by atoms with Crippen molar-refractivity contribution in [2.75, 3.05) is 36.3 Å². The summed E-state index contributed by atoms with van der Waals surface area (Å²) < 4.78 is 5.19. The van der Waals surface area contributed by atoms with Crippen molar-refractivity contribution in [3.63, 3.8) is 0 Å². The number of ether oxygens (including phenoxy) is 1. The lowest BCUT2D eigenvalue weighted by Gasteiger charge is -2.26. The van der Waals surface area contributed by atoms with Gasteiger partial charge in [-0.25, -0.2) is 0 Å². The van der Waals surface area contributed by atoms with Crippen LogP contribution in [0.4, 0.5) is 17.1 Å². The van der Waals surface area contributed by atoms with Crippen molar-refractivity contribution in [3.05, 3.63) is 89.5 Å². The average Bonchev–Trinajstić information content (AvgIpc) is 3.13. The van der Waals surface area contributed by atoms with E-state index in [4.69, 9.17) is 4.74 Å². The largest absolute Gasteiger partial charge is 0.507 e. The molecule has 1 unspecified atom stereocenters. The number of rotatable bonds is 6. The van der Waals surface area contributed by atoms with Crippen LogP contribution in [0, 0.1) is 0 Å². The van der Waals surface area contributed by atoms with Gasteiger partial charge in [-0.1, -0.05) is 18.2 Å². The summed E-state index contributed by atoms with van der Waals surface area (Å²) in [5.74, 6) is -1.51. The van der Waals surface area contributed by atoms with E-state index in [1.54, 1.807) is 48.5 Å². The molecule has 0 aliphatic carbocycles. The van der Waals surface area contributed by atoms with Crippen LogP contribution in [0.2, 0.25) is 0 Å². The van der Waals surface area contributed by atoms with Crippen molar-refractivity contribution in [1.82, 2.24) is 0 Å². The zero-order valence-corrected chi connectivity index (χ0v) is 20.5. The van der Waals surface area contributed by atoms with Gasteiger partial charge in [0.05, 0.1) is 18.7 Å². The fraction of sp³-hybridized carbons (Fsp3) is 0.179. The zero-order valence-electron chi connectivity index (χ0n) is 20.5. The molecule has 1 fully saturated rings. The van der Waals surface area contributed by atoms with Crippen LogP contribution in [0.15, 0.2) is 78.4 Å². The van der Waals surface area contributed by atoms with E-state index < -0.39 is 17.7 Å². The van der Waals surface area contributed by atoms with Gasteiger partial charge in [-0.2, -0.15) is 0 Å². The number of carbonyl (C=O) groups is 3. The Morgan fingerprint density at radius 2 is 1.67 bits per heavy atom. The molecule has 4 rings (SSSR count). The summed E-state index contributed by atoms with van der Waals surface area (Å²) in [5.41, 5.74) is 2.86. The summed E-state index contributed by atoms with van der Waals surface area (Å²) in [7, 11) is 5.36. The summed E-state index contributed by atoms with van der Waals surface area (Å²) >= 11 is 0. The lowest BCUT2D eigenvalue weighted by Crippen LogP contribution is -2.29. The molecule has 0 saturated carbocycles. The maximum atomic E-state index is 13.4. The minimum atomic E-state index is -0.879. The molecule has 1 heterocycles. The average molecular weight is 486 g/mol.